The van der Waals surface area contributed by atoms with E-state index in [0.717, 1.165) is 24.2 Å². The molecule has 1 amide bonds. The van der Waals surface area contributed by atoms with Crippen molar-refractivity contribution >= 4 is 50.8 Å². The molecule has 0 saturated carbocycles. The molecule has 0 atom stereocenters. The Balaban J connectivity index is 1.48. The minimum absolute atomic E-state index is 0.0437. The van der Waals surface area contributed by atoms with Crippen LogP contribution >= 0.6 is 23.4 Å². The number of amidine groups is 1. The molecular formula is C23H26ClN3O3S2. The zero-order valence-electron chi connectivity index (χ0n) is 18.2. The lowest BCUT2D eigenvalue weighted by atomic mass is 10.1. The smallest absolute Gasteiger partial charge is 0.286 e. The highest BCUT2D eigenvalue weighted by Gasteiger charge is 2.33. The number of fused-ring (bicyclic) bond motifs is 3. The van der Waals surface area contributed by atoms with E-state index in [9.17, 15) is 13.2 Å². The number of sulfonamides is 1. The van der Waals surface area contributed by atoms with E-state index in [1.54, 1.807) is 17.8 Å². The highest BCUT2D eigenvalue weighted by atomic mass is 35.5. The van der Waals surface area contributed by atoms with E-state index in [4.69, 9.17) is 11.6 Å². The lowest BCUT2D eigenvalue weighted by Crippen LogP contribution is -2.35. The number of hydrogen-bond acceptors (Lipinski definition) is 5. The summed E-state index contributed by atoms with van der Waals surface area (Å²) in [5, 5.41) is 3.09. The quantitative estimate of drug-likeness (QED) is 0.472. The van der Waals surface area contributed by atoms with Crippen LogP contribution in [0.1, 0.15) is 47.2 Å². The van der Waals surface area contributed by atoms with Crippen LogP contribution < -0.4 is 10.2 Å². The van der Waals surface area contributed by atoms with E-state index in [0.29, 0.717) is 36.8 Å². The summed E-state index contributed by atoms with van der Waals surface area (Å²) in [6, 6.07) is 9.24. The lowest BCUT2D eigenvalue weighted by molar-refractivity contribution is 0.0956. The summed E-state index contributed by atoms with van der Waals surface area (Å²) in [6.45, 7) is 5.28. The van der Waals surface area contributed by atoms with Gasteiger partial charge in [0.25, 0.3) is 15.9 Å². The third-order valence-corrected chi connectivity index (χ3v) is 8.46. The van der Waals surface area contributed by atoms with Crippen molar-refractivity contribution in [2.45, 2.75) is 49.3 Å². The zero-order valence-corrected chi connectivity index (χ0v) is 20.5. The Kier molecular flexibility index (Phi) is 6.83. The molecule has 0 aromatic heterocycles. The average molecular weight is 492 g/mol. The maximum absolute atomic E-state index is 12.8. The number of thioether (sulfide) groups is 1. The van der Waals surface area contributed by atoms with Gasteiger partial charge in [-0.05, 0) is 62.1 Å². The fourth-order valence-corrected chi connectivity index (χ4v) is 6.28. The average Bonchev–Trinajstić information content (AvgIpc) is 2.98. The van der Waals surface area contributed by atoms with Crippen molar-refractivity contribution in [1.82, 2.24) is 5.32 Å². The van der Waals surface area contributed by atoms with Crippen LogP contribution in [-0.2, 0) is 10.0 Å². The maximum Gasteiger partial charge on any atom is 0.286 e. The second kappa shape index (κ2) is 9.45. The zero-order chi connectivity index (χ0) is 22.9. The van der Waals surface area contributed by atoms with Gasteiger partial charge in [-0.3, -0.25) is 4.79 Å². The number of amides is 1. The molecule has 1 N–H and O–H groups in total. The maximum atomic E-state index is 12.8. The largest absolute Gasteiger partial charge is 0.351 e. The number of nitrogens with one attached hydrogen (secondary N) is 1. The van der Waals surface area contributed by atoms with E-state index in [1.807, 2.05) is 4.90 Å². The van der Waals surface area contributed by atoms with Crippen molar-refractivity contribution in [3.05, 3.63) is 52.0 Å². The van der Waals surface area contributed by atoms with Crippen molar-refractivity contribution in [2.75, 3.05) is 23.7 Å². The van der Waals surface area contributed by atoms with Crippen molar-refractivity contribution < 1.29 is 13.2 Å². The number of carbonyl (C=O) groups excluding carboxylic acids is 1. The van der Waals surface area contributed by atoms with Gasteiger partial charge in [-0.15, -0.1) is 16.2 Å². The van der Waals surface area contributed by atoms with Gasteiger partial charge in [-0.1, -0.05) is 24.1 Å². The van der Waals surface area contributed by atoms with Crippen molar-refractivity contribution in [2.24, 2.45) is 4.40 Å². The van der Waals surface area contributed by atoms with Gasteiger partial charge in [0, 0.05) is 30.2 Å². The Labute approximate surface area is 198 Å². The minimum Gasteiger partial charge on any atom is -0.351 e. The highest BCUT2D eigenvalue weighted by molar-refractivity contribution is 7.99. The number of rotatable bonds is 5. The van der Waals surface area contributed by atoms with Gasteiger partial charge < -0.3 is 10.2 Å². The monoisotopic (exact) mass is 491 g/mol. The lowest BCUT2D eigenvalue weighted by Gasteiger charge is -2.30. The third-order valence-electron chi connectivity index (χ3n) is 5.82. The van der Waals surface area contributed by atoms with E-state index >= 15 is 0 Å². The number of anilines is 1. The summed E-state index contributed by atoms with van der Waals surface area (Å²) in [6.07, 6.45) is 3.51. The van der Waals surface area contributed by atoms with Crippen molar-refractivity contribution in [3.8, 4) is 0 Å². The second-order valence-corrected chi connectivity index (χ2v) is 11.2. The van der Waals surface area contributed by atoms with Crippen LogP contribution in [0, 0.1) is 13.8 Å². The van der Waals surface area contributed by atoms with Gasteiger partial charge >= 0.3 is 0 Å². The standard InChI is InChI=1S/C23H26ClN3O3S2/c1-15-7-8-17(12-16(15)2)31-11-9-25-23(28)18-13-21-20(14-19(18)24)27-10-5-3-4-6-22(27)26-32(21,29)30/h7-8,12-14H,3-6,9-11H2,1-2H3,(H,25,28). The Morgan fingerprint density at radius 3 is 2.75 bits per heavy atom. The summed E-state index contributed by atoms with van der Waals surface area (Å²) in [5.74, 6) is 0.863. The molecule has 4 rings (SSSR count). The van der Waals surface area contributed by atoms with Crippen molar-refractivity contribution in [3.63, 3.8) is 0 Å². The molecule has 0 radical (unpaired) electrons. The number of hydrogen-bond donors (Lipinski definition) is 1. The fourth-order valence-electron chi connectivity index (χ4n) is 3.90. The van der Waals surface area contributed by atoms with Gasteiger partial charge in [0.15, 0.2) is 0 Å². The predicted octanol–water partition coefficient (Wildman–Crippen LogP) is 4.96. The first-order valence-electron chi connectivity index (χ1n) is 10.7. The van der Waals surface area contributed by atoms with Crippen LogP contribution in [-0.4, -0.2) is 39.0 Å². The molecule has 2 heterocycles. The van der Waals surface area contributed by atoms with Gasteiger partial charge in [-0.25, -0.2) is 0 Å². The Morgan fingerprint density at radius 2 is 1.97 bits per heavy atom. The molecule has 6 nitrogen and oxygen atoms in total. The summed E-state index contributed by atoms with van der Waals surface area (Å²) in [5.41, 5.74) is 3.15. The summed E-state index contributed by atoms with van der Waals surface area (Å²) < 4.78 is 29.6. The number of benzene rings is 2. The van der Waals surface area contributed by atoms with Crippen LogP contribution in [0.2, 0.25) is 5.02 Å². The molecule has 2 aliphatic heterocycles. The normalized spacial score (nSPS) is 17.1. The first-order chi connectivity index (χ1) is 15.3. The SMILES string of the molecule is Cc1ccc(SCCNC(=O)c2cc3c(cc2Cl)N2CCCCCC2=NS3(=O)=O)cc1C. The van der Waals surface area contributed by atoms with Crippen LogP contribution in [0.3, 0.4) is 0 Å². The minimum atomic E-state index is -3.87. The molecule has 1 saturated heterocycles. The van der Waals surface area contributed by atoms with Crippen LogP contribution in [0.5, 0.6) is 0 Å². The topological polar surface area (TPSA) is 78.8 Å². The molecule has 32 heavy (non-hydrogen) atoms. The molecule has 0 spiro atoms. The number of carbonyl (C=O) groups is 1. The third kappa shape index (κ3) is 4.82. The van der Waals surface area contributed by atoms with Crippen LogP contribution in [0.4, 0.5) is 5.69 Å². The molecule has 0 aliphatic carbocycles. The van der Waals surface area contributed by atoms with E-state index in [1.165, 1.54) is 17.2 Å². The first kappa shape index (κ1) is 23.1. The summed E-state index contributed by atoms with van der Waals surface area (Å²) in [4.78, 5) is 15.9. The fraction of sp³-hybridized carbons (Fsp3) is 0.391. The molecular weight excluding hydrogens is 466 g/mol. The van der Waals surface area contributed by atoms with E-state index in [2.05, 4.69) is 41.8 Å². The Hall–Kier alpha value is -2.03. The van der Waals surface area contributed by atoms with Gasteiger partial charge in [0.2, 0.25) is 0 Å². The van der Waals surface area contributed by atoms with E-state index < -0.39 is 10.0 Å². The molecule has 0 unspecified atom stereocenters. The highest BCUT2D eigenvalue weighted by Crippen LogP contribution is 2.37. The number of halogens is 1. The molecule has 2 aromatic rings. The molecule has 9 heteroatoms. The van der Waals surface area contributed by atoms with Gasteiger partial charge in [0.1, 0.15) is 10.7 Å². The molecule has 170 valence electrons. The second-order valence-electron chi connectivity index (χ2n) is 8.10. The summed E-state index contributed by atoms with van der Waals surface area (Å²) in [7, 11) is -3.87. The Bertz CT molecular complexity index is 1200. The molecule has 2 aliphatic rings. The van der Waals surface area contributed by atoms with Gasteiger partial charge in [-0.2, -0.15) is 8.42 Å². The van der Waals surface area contributed by atoms with Crippen LogP contribution in [0.25, 0.3) is 0 Å². The van der Waals surface area contributed by atoms with Crippen LogP contribution in [0.15, 0.2) is 44.5 Å². The van der Waals surface area contributed by atoms with Gasteiger partial charge in [0.05, 0.1) is 16.3 Å². The Morgan fingerprint density at radius 1 is 1.16 bits per heavy atom. The number of aryl methyl sites for hydroxylation is 2. The summed E-state index contributed by atoms with van der Waals surface area (Å²) >= 11 is 8.09. The molecule has 1 fully saturated rings. The van der Waals surface area contributed by atoms with Crippen molar-refractivity contribution in [1.29, 1.82) is 0 Å². The first-order valence-corrected chi connectivity index (χ1v) is 13.5. The molecule has 0 bridgehead atoms. The number of nitrogens with zero attached hydrogens (tertiary/aromatic N) is 2. The predicted molar refractivity (Wildman–Crippen MR) is 131 cm³/mol. The van der Waals surface area contributed by atoms with E-state index in [-0.39, 0.29) is 21.4 Å². The molecule has 2 aromatic carbocycles.